The van der Waals surface area contributed by atoms with Crippen molar-refractivity contribution in [3.8, 4) is 0 Å². The summed E-state index contributed by atoms with van der Waals surface area (Å²) in [7, 11) is 0. The molecule has 27 heavy (non-hydrogen) atoms. The Hall–Kier alpha value is -1.72. The number of rotatable bonds is 5. The Bertz CT molecular complexity index is 987. The summed E-state index contributed by atoms with van der Waals surface area (Å²) >= 11 is 24.5. The van der Waals surface area contributed by atoms with Crippen molar-refractivity contribution in [1.29, 1.82) is 0 Å². The highest BCUT2D eigenvalue weighted by atomic mass is 35.5. The molecule has 1 unspecified atom stereocenters. The summed E-state index contributed by atoms with van der Waals surface area (Å²) in [4.78, 5) is 0. The number of aromatic nitrogens is 2. The molecule has 3 rings (SSSR count). The number of nitrogens with zero attached hydrogens (tertiary/aromatic N) is 3. The van der Waals surface area contributed by atoms with E-state index >= 15 is 0 Å². The van der Waals surface area contributed by atoms with Crippen LogP contribution in [0.5, 0.6) is 0 Å². The third-order valence-corrected chi connectivity index (χ3v) is 5.44. The molecule has 0 aliphatic heterocycles. The van der Waals surface area contributed by atoms with Gasteiger partial charge in [0.25, 0.3) is 0 Å². The maximum Gasteiger partial charge on any atom is 0.218 e. The lowest BCUT2D eigenvalue weighted by Gasteiger charge is -2.19. The Morgan fingerprint density at radius 2 is 1.85 bits per heavy atom. The second-order valence-electron chi connectivity index (χ2n) is 5.95. The van der Waals surface area contributed by atoms with Gasteiger partial charge in [-0.1, -0.05) is 52.5 Å². The third-order valence-electron chi connectivity index (χ3n) is 4.16. The molecule has 140 valence electrons. The van der Waals surface area contributed by atoms with Gasteiger partial charge in [0.05, 0.1) is 20.6 Å². The van der Waals surface area contributed by atoms with Crippen LogP contribution >= 0.6 is 46.4 Å². The van der Waals surface area contributed by atoms with E-state index in [1.807, 2.05) is 0 Å². The summed E-state index contributed by atoms with van der Waals surface area (Å²) in [5.74, 6) is 0. The van der Waals surface area contributed by atoms with Crippen molar-refractivity contribution in [2.45, 2.75) is 19.5 Å². The molecule has 0 aliphatic carbocycles. The molecule has 0 saturated heterocycles. The van der Waals surface area contributed by atoms with Crippen LogP contribution in [0.2, 0.25) is 20.1 Å². The first-order chi connectivity index (χ1) is 12.9. The molecule has 3 aromatic rings. The molecule has 1 atom stereocenters. The van der Waals surface area contributed by atoms with Crippen LogP contribution in [-0.2, 0) is 6.54 Å². The SMILES string of the molecule is CC(c1ccc(Cl)c(Cl)c1)/[N+]([O-])=C(/Cn1cccn1)c1ccc(Cl)cc1Cl. The lowest BCUT2D eigenvalue weighted by atomic mass is 10.1. The summed E-state index contributed by atoms with van der Waals surface area (Å²) in [5.41, 5.74) is 1.79. The van der Waals surface area contributed by atoms with Crippen LogP contribution < -0.4 is 0 Å². The highest BCUT2D eigenvalue weighted by Crippen LogP contribution is 2.28. The van der Waals surface area contributed by atoms with Gasteiger partial charge in [-0.15, -0.1) is 0 Å². The van der Waals surface area contributed by atoms with Gasteiger partial charge in [0.2, 0.25) is 5.71 Å². The summed E-state index contributed by atoms with van der Waals surface area (Å²) in [5, 5.41) is 19.2. The van der Waals surface area contributed by atoms with E-state index < -0.39 is 6.04 Å². The zero-order chi connectivity index (χ0) is 19.6. The van der Waals surface area contributed by atoms with Crippen LogP contribution in [0.25, 0.3) is 0 Å². The molecule has 0 radical (unpaired) electrons. The molecule has 8 heteroatoms. The fraction of sp³-hybridized carbons (Fsp3) is 0.158. The number of hydroxylamine groups is 1. The highest BCUT2D eigenvalue weighted by Gasteiger charge is 2.23. The van der Waals surface area contributed by atoms with Crippen molar-refractivity contribution in [3.05, 3.63) is 91.3 Å². The molecular formula is C19H15Cl4N3O. The van der Waals surface area contributed by atoms with Gasteiger partial charge >= 0.3 is 0 Å². The largest absolute Gasteiger partial charge is 0.623 e. The standard InChI is InChI=1S/C19H15Cl4N3O/c1-12(13-3-6-16(21)18(23)9-13)26(27)19(11-25-8-2-7-24-25)15-5-4-14(20)10-17(15)22/h2-10,12H,11H2,1H3/b26-19+. The molecule has 0 aliphatic rings. The normalized spacial score (nSPS) is 13.4. The van der Waals surface area contributed by atoms with Crippen LogP contribution in [0.4, 0.5) is 0 Å². The number of hydrogen-bond acceptors (Lipinski definition) is 2. The van der Waals surface area contributed by atoms with E-state index in [9.17, 15) is 5.21 Å². The predicted molar refractivity (Wildman–Crippen MR) is 111 cm³/mol. The Morgan fingerprint density at radius 1 is 1.07 bits per heavy atom. The first-order valence-corrected chi connectivity index (χ1v) is 9.58. The predicted octanol–water partition coefficient (Wildman–Crippen LogP) is 6.26. The van der Waals surface area contributed by atoms with Crippen molar-refractivity contribution < 1.29 is 4.74 Å². The smallest absolute Gasteiger partial charge is 0.218 e. The van der Waals surface area contributed by atoms with Crippen molar-refractivity contribution in [1.82, 2.24) is 9.78 Å². The molecule has 1 aromatic heterocycles. The van der Waals surface area contributed by atoms with E-state index in [1.165, 1.54) is 0 Å². The topological polar surface area (TPSA) is 43.9 Å². The Labute approximate surface area is 177 Å². The molecule has 2 aromatic carbocycles. The van der Waals surface area contributed by atoms with E-state index in [4.69, 9.17) is 46.4 Å². The second kappa shape index (κ2) is 8.53. The molecule has 1 heterocycles. The van der Waals surface area contributed by atoms with E-state index in [1.54, 1.807) is 66.5 Å². The van der Waals surface area contributed by atoms with E-state index in [2.05, 4.69) is 5.10 Å². The fourth-order valence-electron chi connectivity index (χ4n) is 2.69. The van der Waals surface area contributed by atoms with Crippen molar-refractivity contribution in [2.24, 2.45) is 0 Å². The van der Waals surface area contributed by atoms with Gasteiger partial charge in [-0.25, -0.2) is 4.74 Å². The molecule has 0 saturated carbocycles. The molecule has 0 spiro atoms. The van der Waals surface area contributed by atoms with E-state index in [-0.39, 0.29) is 6.54 Å². The van der Waals surface area contributed by atoms with Crippen LogP contribution in [0.3, 0.4) is 0 Å². The zero-order valence-corrected chi connectivity index (χ0v) is 17.3. The monoisotopic (exact) mass is 441 g/mol. The average Bonchev–Trinajstić information content (AvgIpc) is 3.14. The number of hydrogen-bond donors (Lipinski definition) is 0. The van der Waals surface area contributed by atoms with Gasteiger partial charge in [-0.2, -0.15) is 5.10 Å². The van der Waals surface area contributed by atoms with Gasteiger partial charge in [-0.05, 0) is 36.4 Å². The van der Waals surface area contributed by atoms with Gasteiger partial charge in [0.1, 0.15) is 6.54 Å². The summed E-state index contributed by atoms with van der Waals surface area (Å²) in [6.45, 7) is 2.04. The van der Waals surface area contributed by atoms with Crippen molar-refractivity contribution in [2.75, 3.05) is 0 Å². The summed E-state index contributed by atoms with van der Waals surface area (Å²) in [6, 6.07) is 11.5. The molecular weight excluding hydrogens is 428 g/mol. The first kappa shape index (κ1) is 20.0. The van der Waals surface area contributed by atoms with Crippen molar-refractivity contribution in [3.63, 3.8) is 0 Å². The van der Waals surface area contributed by atoms with Gasteiger partial charge in [0.15, 0.2) is 6.04 Å². The average molecular weight is 443 g/mol. The molecule has 0 fully saturated rings. The quantitative estimate of drug-likeness (QED) is 0.202. The zero-order valence-electron chi connectivity index (χ0n) is 14.2. The summed E-state index contributed by atoms with van der Waals surface area (Å²) < 4.78 is 2.57. The first-order valence-electron chi connectivity index (χ1n) is 8.07. The third kappa shape index (κ3) is 4.58. The molecule has 0 bridgehead atoms. The van der Waals surface area contributed by atoms with Gasteiger partial charge in [-0.3, -0.25) is 4.68 Å². The molecule has 0 N–H and O–H groups in total. The summed E-state index contributed by atoms with van der Waals surface area (Å²) in [6.07, 6.45) is 3.43. The Balaban J connectivity index is 2.10. The van der Waals surface area contributed by atoms with E-state index in [0.29, 0.717) is 31.4 Å². The van der Waals surface area contributed by atoms with Crippen LogP contribution in [-0.4, -0.2) is 20.2 Å². The lowest BCUT2D eigenvalue weighted by molar-refractivity contribution is -0.504. The van der Waals surface area contributed by atoms with Crippen LogP contribution in [0, 0.1) is 5.21 Å². The minimum absolute atomic E-state index is 0.253. The Kier molecular flexibility index (Phi) is 6.33. The van der Waals surface area contributed by atoms with Crippen molar-refractivity contribution >= 4 is 52.1 Å². The fourth-order valence-corrected chi connectivity index (χ4v) is 3.51. The van der Waals surface area contributed by atoms with Gasteiger partial charge < -0.3 is 5.21 Å². The number of halogens is 4. The number of benzene rings is 2. The maximum atomic E-state index is 13.3. The highest BCUT2D eigenvalue weighted by molar-refractivity contribution is 6.42. The molecule has 4 nitrogen and oxygen atoms in total. The molecule has 0 amide bonds. The minimum Gasteiger partial charge on any atom is -0.623 e. The second-order valence-corrected chi connectivity index (χ2v) is 7.61. The maximum absolute atomic E-state index is 13.3. The Morgan fingerprint density at radius 3 is 2.48 bits per heavy atom. The van der Waals surface area contributed by atoms with Crippen LogP contribution in [0.15, 0.2) is 54.9 Å². The van der Waals surface area contributed by atoms with Crippen LogP contribution in [0.1, 0.15) is 24.1 Å². The minimum atomic E-state index is -0.517. The van der Waals surface area contributed by atoms with Gasteiger partial charge in [0, 0.05) is 29.9 Å². The van der Waals surface area contributed by atoms with E-state index in [0.717, 1.165) is 10.3 Å². The lowest BCUT2D eigenvalue weighted by Crippen LogP contribution is -2.25.